The Labute approximate surface area is 111 Å². The monoisotopic (exact) mass is 243 g/mol. The van der Waals surface area contributed by atoms with Crippen LogP contribution in [-0.2, 0) is 5.41 Å². The van der Waals surface area contributed by atoms with Crippen molar-refractivity contribution in [2.45, 2.75) is 57.3 Å². The van der Waals surface area contributed by atoms with Gasteiger partial charge in [-0.3, -0.25) is 0 Å². The van der Waals surface area contributed by atoms with Crippen LogP contribution in [0.2, 0.25) is 0 Å². The van der Waals surface area contributed by atoms with Crippen molar-refractivity contribution in [2.24, 2.45) is 11.1 Å². The van der Waals surface area contributed by atoms with E-state index in [1.807, 2.05) is 0 Å². The summed E-state index contributed by atoms with van der Waals surface area (Å²) < 4.78 is 0. The summed E-state index contributed by atoms with van der Waals surface area (Å²) >= 11 is 0. The maximum atomic E-state index is 6.10. The van der Waals surface area contributed by atoms with E-state index in [9.17, 15) is 0 Å². The summed E-state index contributed by atoms with van der Waals surface area (Å²) in [5, 5.41) is 0. The lowest BCUT2D eigenvalue weighted by Crippen LogP contribution is -2.56. The Morgan fingerprint density at radius 1 is 1.11 bits per heavy atom. The molecule has 2 fully saturated rings. The lowest BCUT2D eigenvalue weighted by atomic mass is 9.44. The van der Waals surface area contributed by atoms with Gasteiger partial charge in [0.15, 0.2) is 0 Å². The van der Waals surface area contributed by atoms with Crippen molar-refractivity contribution in [3.05, 3.63) is 35.4 Å². The van der Waals surface area contributed by atoms with Crippen LogP contribution in [0.5, 0.6) is 0 Å². The van der Waals surface area contributed by atoms with Crippen molar-refractivity contribution in [1.82, 2.24) is 0 Å². The SMILES string of the molecule is CC(C)c1ccc(C2(CN)CC3(CCC3)C2)cc1. The normalized spacial score (nSPS) is 23.8. The van der Waals surface area contributed by atoms with Gasteiger partial charge in [0.2, 0.25) is 0 Å². The van der Waals surface area contributed by atoms with Gasteiger partial charge in [-0.2, -0.15) is 0 Å². The second-order valence-corrected chi connectivity index (χ2v) is 6.97. The van der Waals surface area contributed by atoms with Gasteiger partial charge in [0.1, 0.15) is 0 Å². The number of rotatable bonds is 3. The van der Waals surface area contributed by atoms with E-state index < -0.39 is 0 Å². The zero-order valence-electron chi connectivity index (χ0n) is 11.7. The zero-order chi connectivity index (χ0) is 12.8. The molecule has 2 aliphatic carbocycles. The molecule has 2 N–H and O–H groups in total. The van der Waals surface area contributed by atoms with Crippen LogP contribution >= 0.6 is 0 Å². The van der Waals surface area contributed by atoms with Crippen molar-refractivity contribution >= 4 is 0 Å². The van der Waals surface area contributed by atoms with E-state index in [1.54, 1.807) is 0 Å². The van der Waals surface area contributed by atoms with Crippen LogP contribution in [0.25, 0.3) is 0 Å². The fourth-order valence-corrected chi connectivity index (χ4v) is 4.10. The predicted octanol–water partition coefficient (Wildman–Crippen LogP) is 3.97. The molecule has 1 spiro atoms. The fourth-order valence-electron chi connectivity index (χ4n) is 4.10. The Bertz CT molecular complexity index is 417. The number of hydrogen-bond acceptors (Lipinski definition) is 1. The average Bonchev–Trinajstić information content (AvgIpc) is 2.27. The third kappa shape index (κ3) is 1.72. The van der Waals surface area contributed by atoms with Gasteiger partial charge in [0, 0.05) is 12.0 Å². The minimum atomic E-state index is 0.302. The smallest absolute Gasteiger partial charge is 0.00861 e. The Morgan fingerprint density at radius 2 is 1.72 bits per heavy atom. The maximum absolute atomic E-state index is 6.10. The molecule has 0 bridgehead atoms. The van der Waals surface area contributed by atoms with E-state index in [2.05, 4.69) is 38.1 Å². The Hall–Kier alpha value is -0.820. The van der Waals surface area contributed by atoms with Gasteiger partial charge in [-0.1, -0.05) is 44.5 Å². The zero-order valence-corrected chi connectivity index (χ0v) is 11.7. The van der Waals surface area contributed by atoms with Gasteiger partial charge in [0.05, 0.1) is 0 Å². The quantitative estimate of drug-likeness (QED) is 0.854. The standard InChI is InChI=1S/C17H25N/c1-13(2)14-4-6-15(7-5-14)17(12-18)10-16(11-17)8-3-9-16/h4-7,13H,3,8-12,18H2,1-2H3. The third-order valence-corrected chi connectivity index (χ3v) is 5.42. The highest BCUT2D eigenvalue weighted by Gasteiger charge is 2.56. The maximum Gasteiger partial charge on any atom is 0.00861 e. The van der Waals surface area contributed by atoms with Crippen LogP contribution in [0, 0.1) is 5.41 Å². The van der Waals surface area contributed by atoms with Gasteiger partial charge in [-0.05, 0) is 48.1 Å². The highest BCUT2D eigenvalue weighted by atomic mass is 14.7. The highest BCUT2D eigenvalue weighted by molar-refractivity contribution is 5.35. The lowest BCUT2D eigenvalue weighted by molar-refractivity contribution is -0.0446. The Morgan fingerprint density at radius 3 is 2.11 bits per heavy atom. The molecule has 0 amide bonds. The molecule has 1 aromatic carbocycles. The van der Waals surface area contributed by atoms with E-state index in [-0.39, 0.29) is 0 Å². The molecular weight excluding hydrogens is 218 g/mol. The summed E-state index contributed by atoms with van der Waals surface area (Å²) in [4.78, 5) is 0. The molecule has 1 heteroatoms. The third-order valence-electron chi connectivity index (χ3n) is 5.42. The molecular formula is C17H25N. The van der Waals surface area contributed by atoms with Crippen LogP contribution < -0.4 is 5.73 Å². The number of benzene rings is 1. The summed E-state index contributed by atoms with van der Waals surface area (Å²) in [5.74, 6) is 0.618. The molecule has 0 aliphatic heterocycles. The van der Waals surface area contributed by atoms with E-state index in [1.165, 1.54) is 43.2 Å². The van der Waals surface area contributed by atoms with Gasteiger partial charge < -0.3 is 5.73 Å². The second-order valence-electron chi connectivity index (χ2n) is 6.97. The molecule has 3 rings (SSSR count). The molecule has 1 nitrogen and oxygen atoms in total. The largest absolute Gasteiger partial charge is 0.330 e. The fraction of sp³-hybridized carbons (Fsp3) is 0.647. The molecule has 98 valence electrons. The van der Waals surface area contributed by atoms with Gasteiger partial charge >= 0.3 is 0 Å². The Balaban J connectivity index is 1.80. The molecule has 2 saturated carbocycles. The first-order valence-corrected chi connectivity index (χ1v) is 7.40. The van der Waals surface area contributed by atoms with E-state index in [0.717, 1.165) is 6.54 Å². The number of hydrogen-bond donors (Lipinski definition) is 1. The molecule has 1 aromatic rings. The second kappa shape index (κ2) is 4.09. The van der Waals surface area contributed by atoms with Crippen molar-refractivity contribution in [3.63, 3.8) is 0 Å². The molecule has 0 heterocycles. The van der Waals surface area contributed by atoms with E-state index >= 15 is 0 Å². The molecule has 0 atom stereocenters. The van der Waals surface area contributed by atoms with E-state index in [0.29, 0.717) is 16.7 Å². The molecule has 18 heavy (non-hydrogen) atoms. The van der Waals surface area contributed by atoms with Crippen LogP contribution in [0.3, 0.4) is 0 Å². The van der Waals surface area contributed by atoms with Gasteiger partial charge in [0.25, 0.3) is 0 Å². The molecule has 2 aliphatic rings. The minimum absolute atomic E-state index is 0.302. The predicted molar refractivity (Wildman–Crippen MR) is 76.8 cm³/mol. The van der Waals surface area contributed by atoms with Crippen molar-refractivity contribution < 1.29 is 0 Å². The molecule has 0 radical (unpaired) electrons. The molecule has 0 unspecified atom stereocenters. The summed E-state index contributed by atoms with van der Waals surface area (Å²) in [5.41, 5.74) is 10.0. The van der Waals surface area contributed by atoms with Crippen LogP contribution in [0.1, 0.15) is 63.0 Å². The molecule has 0 saturated heterocycles. The average molecular weight is 243 g/mol. The minimum Gasteiger partial charge on any atom is -0.330 e. The number of nitrogens with two attached hydrogens (primary N) is 1. The first kappa shape index (κ1) is 12.2. The van der Waals surface area contributed by atoms with Gasteiger partial charge in [-0.25, -0.2) is 0 Å². The lowest BCUT2D eigenvalue weighted by Gasteiger charge is -2.61. The first-order chi connectivity index (χ1) is 8.59. The summed E-state index contributed by atoms with van der Waals surface area (Å²) in [6.07, 6.45) is 6.99. The van der Waals surface area contributed by atoms with Gasteiger partial charge in [-0.15, -0.1) is 0 Å². The van der Waals surface area contributed by atoms with Crippen molar-refractivity contribution in [3.8, 4) is 0 Å². The highest BCUT2D eigenvalue weighted by Crippen LogP contribution is 2.64. The Kier molecular flexibility index (Phi) is 2.78. The topological polar surface area (TPSA) is 26.0 Å². The van der Waals surface area contributed by atoms with Crippen LogP contribution in [0.4, 0.5) is 0 Å². The molecule has 0 aromatic heterocycles. The summed E-state index contributed by atoms with van der Waals surface area (Å²) in [7, 11) is 0. The first-order valence-electron chi connectivity index (χ1n) is 7.40. The van der Waals surface area contributed by atoms with Crippen LogP contribution in [-0.4, -0.2) is 6.54 Å². The van der Waals surface area contributed by atoms with E-state index in [4.69, 9.17) is 5.73 Å². The van der Waals surface area contributed by atoms with Crippen LogP contribution in [0.15, 0.2) is 24.3 Å². The summed E-state index contributed by atoms with van der Waals surface area (Å²) in [6, 6.07) is 9.24. The summed E-state index contributed by atoms with van der Waals surface area (Å²) in [6.45, 7) is 5.32. The van der Waals surface area contributed by atoms with Crippen molar-refractivity contribution in [2.75, 3.05) is 6.54 Å². The van der Waals surface area contributed by atoms with Crippen molar-refractivity contribution in [1.29, 1.82) is 0 Å².